The average Bonchev–Trinajstić information content (AvgIpc) is 2.49. The highest BCUT2D eigenvalue weighted by Crippen LogP contribution is 2.29. The van der Waals surface area contributed by atoms with Gasteiger partial charge in [-0.25, -0.2) is 4.79 Å². The molecular weight excluding hydrogens is 256 g/mol. The van der Waals surface area contributed by atoms with Crippen LogP contribution in [0.4, 0.5) is 0 Å². The van der Waals surface area contributed by atoms with Gasteiger partial charge in [0, 0.05) is 0 Å². The molecule has 0 N–H and O–H groups in total. The number of ether oxygens (including phenoxy) is 3. The molecule has 114 valence electrons. The third-order valence-electron chi connectivity index (χ3n) is 2.61. The van der Waals surface area contributed by atoms with Gasteiger partial charge in [0.2, 0.25) is 0 Å². The lowest BCUT2D eigenvalue weighted by atomic mass is 10.2. The first kappa shape index (κ1) is 18.3. The molecule has 0 aromatic heterocycles. The number of carbonyl (C=O) groups excluding carboxylic acids is 1. The second kappa shape index (κ2) is 10.1. The zero-order valence-corrected chi connectivity index (χ0v) is 13.4. The molecule has 0 saturated carbocycles. The van der Waals surface area contributed by atoms with E-state index < -0.39 is 0 Å². The molecule has 0 aliphatic carbocycles. The first-order valence-corrected chi connectivity index (χ1v) is 7.05. The molecule has 0 bridgehead atoms. The molecule has 1 aromatic rings. The Morgan fingerprint density at radius 3 is 2.35 bits per heavy atom. The van der Waals surface area contributed by atoms with Crippen molar-refractivity contribution in [1.82, 2.24) is 0 Å². The summed E-state index contributed by atoms with van der Waals surface area (Å²) in [5, 5.41) is 0. The third kappa shape index (κ3) is 5.51. The van der Waals surface area contributed by atoms with E-state index >= 15 is 0 Å². The molecule has 0 aliphatic heterocycles. The normalized spacial score (nSPS) is 10.9. The van der Waals surface area contributed by atoms with Crippen LogP contribution in [0.1, 0.15) is 50.9 Å². The number of rotatable bonds is 6. The van der Waals surface area contributed by atoms with E-state index in [2.05, 4.69) is 11.7 Å². The predicted octanol–water partition coefficient (Wildman–Crippen LogP) is 4.08. The summed E-state index contributed by atoms with van der Waals surface area (Å²) in [6, 6.07) is 5.03. The first-order valence-electron chi connectivity index (χ1n) is 7.05. The van der Waals surface area contributed by atoms with Crippen LogP contribution < -0.4 is 9.47 Å². The predicted molar refractivity (Wildman–Crippen MR) is 80.7 cm³/mol. The molecule has 4 nitrogen and oxygen atoms in total. The summed E-state index contributed by atoms with van der Waals surface area (Å²) in [6.45, 7) is 8.12. The minimum absolute atomic E-state index is 0.118. The lowest BCUT2D eigenvalue weighted by Crippen LogP contribution is -2.12. The van der Waals surface area contributed by atoms with E-state index in [0.29, 0.717) is 17.1 Å². The van der Waals surface area contributed by atoms with Crippen molar-refractivity contribution in [2.45, 2.75) is 46.6 Å². The van der Waals surface area contributed by atoms with E-state index in [-0.39, 0.29) is 12.1 Å². The molecule has 0 radical (unpaired) electrons. The maximum Gasteiger partial charge on any atom is 0.337 e. The van der Waals surface area contributed by atoms with Gasteiger partial charge < -0.3 is 14.2 Å². The molecule has 1 atom stereocenters. The fourth-order valence-corrected chi connectivity index (χ4v) is 1.69. The summed E-state index contributed by atoms with van der Waals surface area (Å²) in [4.78, 5) is 11.4. The second-order valence-electron chi connectivity index (χ2n) is 4.07. The van der Waals surface area contributed by atoms with Crippen molar-refractivity contribution < 1.29 is 19.0 Å². The number of hydrogen-bond donors (Lipinski definition) is 0. The highest BCUT2D eigenvalue weighted by atomic mass is 16.5. The van der Waals surface area contributed by atoms with E-state index in [9.17, 15) is 4.79 Å². The average molecular weight is 282 g/mol. The monoisotopic (exact) mass is 282 g/mol. The Morgan fingerprint density at radius 1 is 1.20 bits per heavy atom. The van der Waals surface area contributed by atoms with Crippen molar-refractivity contribution in [1.29, 1.82) is 0 Å². The zero-order valence-electron chi connectivity index (χ0n) is 13.4. The van der Waals surface area contributed by atoms with E-state index in [4.69, 9.17) is 9.47 Å². The van der Waals surface area contributed by atoms with Crippen molar-refractivity contribution >= 4 is 5.97 Å². The van der Waals surface area contributed by atoms with Gasteiger partial charge in [-0.1, -0.05) is 27.2 Å². The van der Waals surface area contributed by atoms with Crippen LogP contribution in [0, 0.1) is 0 Å². The van der Waals surface area contributed by atoms with Crippen molar-refractivity contribution in [2.75, 3.05) is 14.2 Å². The van der Waals surface area contributed by atoms with Gasteiger partial charge in [-0.15, -0.1) is 0 Å². The van der Waals surface area contributed by atoms with Crippen molar-refractivity contribution in [2.24, 2.45) is 0 Å². The van der Waals surface area contributed by atoms with Crippen LogP contribution in [0.25, 0.3) is 0 Å². The van der Waals surface area contributed by atoms with Crippen LogP contribution in [0.15, 0.2) is 18.2 Å². The van der Waals surface area contributed by atoms with Gasteiger partial charge >= 0.3 is 5.97 Å². The second-order valence-corrected chi connectivity index (χ2v) is 4.07. The highest BCUT2D eigenvalue weighted by Gasteiger charge is 2.13. The van der Waals surface area contributed by atoms with E-state index in [1.807, 2.05) is 20.8 Å². The van der Waals surface area contributed by atoms with Crippen LogP contribution in [0.2, 0.25) is 0 Å². The topological polar surface area (TPSA) is 44.8 Å². The molecular formula is C16H26O4. The van der Waals surface area contributed by atoms with Gasteiger partial charge in [0.25, 0.3) is 0 Å². The smallest absolute Gasteiger partial charge is 0.337 e. The van der Waals surface area contributed by atoms with Crippen molar-refractivity contribution in [3.63, 3.8) is 0 Å². The largest absolute Gasteiger partial charge is 0.493 e. The standard InChI is InChI=1S/C14H20O4.C2H6/c1-5-6-10(2)18-12-8-7-11(14(15)17-4)9-13(12)16-3;1-2/h7-10H,5-6H2,1-4H3;1-2H3. The summed E-state index contributed by atoms with van der Waals surface area (Å²) in [6.07, 6.45) is 2.15. The molecule has 0 spiro atoms. The molecule has 0 heterocycles. The van der Waals surface area contributed by atoms with Crippen LogP contribution in [0.5, 0.6) is 11.5 Å². The fraction of sp³-hybridized carbons (Fsp3) is 0.562. The number of hydrogen-bond acceptors (Lipinski definition) is 4. The lowest BCUT2D eigenvalue weighted by Gasteiger charge is -2.16. The number of carbonyl (C=O) groups is 1. The van der Waals surface area contributed by atoms with Crippen LogP contribution in [-0.4, -0.2) is 26.3 Å². The first-order chi connectivity index (χ1) is 9.62. The number of esters is 1. The molecule has 0 saturated heterocycles. The van der Waals surface area contributed by atoms with Crippen LogP contribution in [-0.2, 0) is 4.74 Å². The summed E-state index contributed by atoms with van der Waals surface area (Å²) in [7, 11) is 2.90. The Hall–Kier alpha value is -1.71. The minimum atomic E-state index is -0.388. The molecule has 1 aromatic carbocycles. The van der Waals surface area contributed by atoms with Crippen molar-refractivity contribution in [3.05, 3.63) is 23.8 Å². The molecule has 0 amide bonds. The molecule has 0 fully saturated rings. The summed E-state index contributed by atoms with van der Waals surface area (Å²) in [5.74, 6) is 0.799. The van der Waals surface area contributed by atoms with E-state index in [0.717, 1.165) is 12.8 Å². The summed E-state index contributed by atoms with van der Waals surface area (Å²) in [5.41, 5.74) is 0.449. The summed E-state index contributed by atoms with van der Waals surface area (Å²) >= 11 is 0. The Kier molecular flexibility index (Phi) is 9.26. The van der Waals surface area contributed by atoms with Gasteiger partial charge in [-0.3, -0.25) is 0 Å². The Balaban J connectivity index is 0.00000172. The highest BCUT2D eigenvalue weighted by molar-refractivity contribution is 5.90. The van der Waals surface area contributed by atoms with Gasteiger partial charge in [0.1, 0.15) is 0 Å². The summed E-state index contributed by atoms with van der Waals surface area (Å²) < 4.78 is 15.7. The van der Waals surface area contributed by atoms with Crippen LogP contribution in [0.3, 0.4) is 0 Å². The quantitative estimate of drug-likeness (QED) is 0.738. The zero-order chi connectivity index (χ0) is 15.5. The van der Waals surface area contributed by atoms with Gasteiger partial charge in [0.05, 0.1) is 25.9 Å². The van der Waals surface area contributed by atoms with E-state index in [1.54, 1.807) is 25.3 Å². The molecule has 1 unspecified atom stereocenters. The van der Waals surface area contributed by atoms with E-state index in [1.165, 1.54) is 7.11 Å². The Labute approximate surface area is 122 Å². The molecule has 0 aliphatic rings. The SMILES string of the molecule is CC.CCCC(C)Oc1ccc(C(=O)OC)cc1OC. The molecule has 1 rings (SSSR count). The number of benzene rings is 1. The number of methoxy groups -OCH3 is 2. The molecule has 4 heteroatoms. The van der Waals surface area contributed by atoms with Gasteiger partial charge in [-0.2, -0.15) is 0 Å². The Morgan fingerprint density at radius 2 is 1.85 bits per heavy atom. The van der Waals surface area contributed by atoms with Gasteiger partial charge in [-0.05, 0) is 31.5 Å². The lowest BCUT2D eigenvalue weighted by molar-refractivity contribution is 0.0600. The van der Waals surface area contributed by atoms with Crippen molar-refractivity contribution in [3.8, 4) is 11.5 Å². The third-order valence-corrected chi connectivity index (χ3v) is 2.61. The fourth-order valence-electron chi connectivity index (χ4n) is 1.69. The minimum Gasteiger partial charge on any atom is -0.493 e. The Bertz CT molecular complexity index is 401. The maximum atomic E-state index is 11.4. The van der Waals surface area contributed by atoms with Gasteiger partial charge in [0.15, 0.2) is 11.5 Å². The molecule has 20 heavy (non-hydrogen) atoms. The van der Waals surface area contributed by atoms with Crippen LogP contribution >= 0.6 is 0 Å². The maximum absolute atomic E-state index is 11.4.